The first-order valence-electron chi connectivity index (χ1n) is 10.0. The van der Waals surface area contributed by atoms with Crippen molar-refractivity contribution in [2.24, 2.45) is 13.0 Å². The predicted octanol–water partition coefficient (Wildman–Crippen LogP) is 5.95. The van der Waals surface area contributed by atoms with Crippen LogP contribution in [0, 0.1) is 5.92 Å². The second-order valence-corrected chi connectivity index (χ2v) is 8.07. The van der Waals surface area contributed by atoms with Crippen LogP contribution >= 0.6 is 11.6 Å². The maximum Gasteiger partial charge on any atom is 0.187 e. The van der Waals surface area contributed by atoms with E-state index >= 15 is 0 Å². The van der Waals surface area contributed by atoms with Crippen molar-refractivity contribution in [3.63, 3.8) is 0 Å². The number of carbonyl (C=O) groups is 1. The molecule has 1 aromatic heterocycles. The summed E-state index contributed by atoms with van der Waals surface area (Å²) in [6, 6.07) is 16.0. The van der Waals surface area contributed by atoms with Crippen LogP contribution in [0.25, 0.3) is 17.0 Å². The molecule has 0 radical (unpaired) electrons. The van der Waals surface area contributed by atoms with Crippen LogP contribution in [0.4, 0.5) is 0 Å². The van der Waals surface area contributed by atoms with Crippen molar-refractivity contribution in [1.29, 1.82) is 0 Å². The summed E-state index contributed by atoms with van der Waals surface area (Å²) in [4.78, 5) is 15.1. The quantitative estimate of drug-likeness (QED) is 0.387. The van der Waals surface area contributed by atoms with Crippen LogP contribution in [0.5, 0.6) is 0 Å². The van der Waals surface area contributed by atoms with Crippen LogP contribution in [0.1, 0.15) is 28.8 Å². The van der Waals surface area contributed by atoms with Gasteiger partial charge in [-0.2, -0.15) is 0 Å². The summed E-state index contributed by atoms with van der Waals surface area (Å²) in [6.45, 7) is 2.03. The Balaban J connectivity index is 1.36. The Morgan fingerprint density at radius 1 is 1.10 bits per heavy atom. The van der Waals surface area contributed by atoms with Crippen LogP contribution in [-0.4, -0.2) is 28.3 Å². The zero-order chi connectivity index (χ0) is 20.2. The maximum atomic E-state index is 12.8. The largest absolute Gasteiger partial charge is 0.377 e. The predicted molar refractivity (Wildman–Crippen MR) is 121 cm³/mol. The highest BCUT2D eigenvalue weighted by atomic mass is 35.5. The van der Waals surface area contributed by atoms with Crippen LogP contribution < -0.4 is 0 Å². The standard InChI is InChI=1S/C25H25ClN2O/c1-27-18-23(22-9-8-21(26)17-24(22)27)25(29)10-7-20-12-15-28(16-13-20)14-11-19-5-3-2-4-6-19/h2-11,14,17-18,20H,12-13,15-16H2,1H3. The normalized spacial score (nSPS) is 15.7. The first-order chi connectivity index (χ1) is 14.1. The van der Waals surface area contributed by atoms with Crippen LogP contribution in [-0.2, 0) is 7.05 Å². The fraction of sp³-hybridized carbons (Fsp3) is 0.240. The highest BCUT2D eigenvalue weighted by Crippen LogP contribution is 2.25. The van der Waals surface area contributed by atoms with Gasteiger partial charge in [0.1, 0.15) is 0 Å². The molecular formula is C25H25ClN2O. The molecule has 1 fully saturated rings. The summed E-state index contributed by atoms with van der Waals surface area (Å²) in [6.07, 6.45) is 12.2. The summed E-state index contributed by atoms with van der Waals surface area (Å²) in [5.41, 5.74) is 2.93. The highest BCUT2D eigenvalue weighted by molar-refractivity contribution is 6.31. The number of aryl methyl sites for hydroxylation is 1. The summed E-state index contributed by atoms with van der Waals surface area (Å²) < 4.78 is 1.96. The van der Waals surface area contributed by atoms with E-state index in [9.17, 15) is 4.79 Å². The number of likely N-dealkylation sites (tertiary alicyclic amines) is 1. The van der Waals surface area contributed by atoms with Gasteiger partial charge < -0.3 is 9.47 Å². The Morgan fingerprint density at radius 2 is 1.86 bits per heavy atom. The second-order valence-electron chi connectivity index (χ2n) is 7.64. The molecule has 4 heteroatoms. The number of rotatable bonds is 5. The first kappa shape index (κ1) is 19.5. The molecule has 0 aliphatic carbocycles. The van der Waals surface area contributed by atoms with Crippen LogP contribution in [0.15, 0.2) is 73.1 Å². The third-order valence-corrected chi connectivity index (χ3v) is 5.82. The molecule has 1 aliphatic rings. The number of benzene rings is 2. The van der Waals surface area contributed by atoms with Crippen molar-refractivity contribution in [1.82, 2.24) is 9.47 Å². The third kappa shape index (κ3) is 4.63. The number of carbonyl (C=O) groups excluding carboxylic acids is 1. The van der Waals surface area contributed by atoms with Gasteiger partial charge in [-0.3, -0.25) is 4.79 Å². The number of hydrogen-bond acceptors (Lipinski definition) is 2. The molecule has 0 atom stereocenters. The Bertz CT molecular complexity index is 1060. The lowest BCUT2D eigenvalue weighted by atomic mass is 9.95. The van der Waals surface area contributed by atoms with Crippen molar-refractivity contribution >= 4 is 34.4 Å². The minimum atomic E-state index is 0.0596. The molecule has 29 heavy (non-hydrogen) atoms. The smallest absolute Gasteiger partial charge is 0.187 e. The number of piperidine rings is 1. The minimum Gasteiger partial charge on any atom is -0.377 e. The van der Waals surface area contributed by atoms with Gasteiger partial charge in [0.25, 0.3) is 0 Å². The molecule has 0 N–H and O–H groups in total. The highest BCUT2D eigenvalue weighted by Gasteiger charge is 2.16. The summed E-state index contributed by atoms with van der Waals surface area (Å²) in [7, 11) is 1.94. The fourth-order valence-corrected chi connectivity index (χ4v) is 4.05. The van der Waals surface area contributed by atoms with Gasteiger partial charge in [0.2, 0.25) is 0 Å². The van der Waals surface area contributed by atoms with Gasteiger partial charge in [-0.05, 0) is 54.8 Å². The molecule has 0 unspecified atom stereocenters. The topological polar surface area (TPSA) is 25.2 Å². The summed E-state index contributed by atoms with van der Waals surface area (Å²) >= 11 is 6.09. The van der Waals surface area contributed by atoms with E-state index in [4.69, 9.17) is 11.6 Å². The van der Waals surface area contributed by atoms with Gasteiger partial charge in [-0.25, -0.2) is 0 Å². The Hall–Kier alpha value is -2.78. The molecule has 3 nitrogen and oxygen atoms in total. The summed E-state index contributed by atoms with van der Waals surface area (Å²) in [5.74, 6) is 0.508. The van der Waals surface area contributed by atoms with E-state index in [0.29, 0.717) is 10.9 Å². The molecule has 3 aromatic rings. The molecule has 0 bridgehead atoms. The molecule has 0 spiro atoms. The van der Waals surface area contributed by atoms with Crippen LogP contribution in [0.2, 0.25) is 5.02 Å². The van der Waals surface area contributed by atoms with Gasteiger partial charge >= 0.3 is 0 Å². The van der Waals surface area contributed by atoms with E-state index in [1.54, 1.807) is 6.08 Å². The molecule has 1 aliphatic heterocycles. The van der Waals surface area contributed by atoms with Gasteiger partial charge in [0, 0.05) is 47.8 Å². The molecule has 0 saturated carbocycles. The molecule has 0 amide bonds. The van der Waals surface area contributed by atoms with Crippen LogP contribution in [0.3, 0.4) is 0 Å². The number of hydrogen-bond donors (Lipinski definition) is 0. The Morgan fingerprint density at radius 3 is 2.62 bits per heavy atom. The number of allylic oxidation sites excluding steroid dienone is 2. The lowest BCUT2D eigenvalue weighted by molar-refractivity contribution is 0.104. The fourth-order valence-electron chi connectivity index (χ4n) is 3.88. The SMILES string of the molecule is Cn1cc(C(=O)C=CC2CCN(C=Cc3ccccc3)CC2)c2ccc(Cl)cc21. The molecule has 4 rings (SSSR count). The first-order valence-corrected chi connectivity index (χ1v) is 10.4. The lowest BCUT2D eigenvalue weighted by Gasteiger charge is -2.29. The van der Waals surface area contributed by atoms with Crippen molar-refractivity contribution in [3.8, 4) is 0 Å². The second kappa shape index (κ2) is 8.71. The van der Waals surface area contributed by atoms with Gasteiger partial charge in [0.15, 0.2) is 5.78 Å². The van der Waals surface area contributed by atoms with E-state index in [0.717, 1.165) is 42.4 Å². The third-order valence-electron chi connectivity index (χ3n) is 5.59. The number of aromatic nitrogens is 1. The van der Waals surface area contributed by atoms with E-state index < -0.39 is 0 Å². The average molecular weight is 405 g/mol. The number of nitrogens with zero attached hydrogens (tertiary/aromatic N) is 2. The average Bonchev–Trinajstić information content (AvgIpc) is 3.08. The maximum absolute atomic E-state index is 12.8. The monoisotopic (exact) mass is 404 g/mol. The molecule has 2 aromatic carbocycles. The number of halogens is 1. The van der Waals surface area contributed by atoms with Gasteiger partial charge in [-0.1, -0.05) is 54.1 Å². The van der Waals surface area contributed by atoms with Gasteiger partial charge in [0.05, 0.1) is 0 Å². The lowest BCUT2D eigenvalue weighted by Crippen LogP contribution is -2.28. The minimum absolute atomic E-state index is 0.0596. The van der Waals surface area contributed by atoms with Crippen molar-refractivity contribution in [2.75, 3.05) is 13.1 Å². The van der Waals surface area contributed by atoms with E-state index in [2.05, 4.69) is 47.5 Å². The van der Waals surface area contributed by atoms with Crippen molar-refractivity contribution in [3.05, 3.63) is 89.2 Å². The Labute approximate surface area is 176 Å². The van der Waals surface area contributed by atoms with Crippen molar-refractivity contribution in [2.45, 2.75) is 12.8 Å². The van der Waals surface area contributed by atoms with E-state index in [1.165, 1.54) is 5.56 Å². The van der Waals surface area contributed by atoms with E-state index in [1.807, 2.05) is 42.1 Å². The zero-order valence-electron chi connectivity index (χ0n) is 16.6. The molecule has 1 saturated heterocycles. The molecule has 148 valence electrons. The number of fused-ring (bicyclic) bond motifs is 1. The molecular weight excluding hydrogens is 380 g/mol. The van der Waals surface area contributed by atoms with E-state index in [-0.39, 0.29) is 5.78 Å². The van der Waals surface area contributed by atoms with Crippen molar-refractivity contribution < 1.29 is 4.79 Å². The number of ketones is 1. The Kier molecular flexibility index (Phi) is 5.86. The zero-order valence-corrected chi connectivity index (χ0v) is 17.3. The summed E-state index contributed by atoms with van der Waals surface area (Å²) in [5, 5.41) is 1.63. The molecule has 2 heterocycles. The van der Waals surface area contributed by atoms with Gasteiger partial charge in [-0.15, -0.1) is 0 Å².